The van der Waals surface area contributed by atoms with Gasteiger partial charge in [0.15, 0.2) is 17.3 Å². The normalized spacial score (nSPS) is 11.6. The number of fused-ring (bicyclic) bond motifs is 1. The van der Waals surface area contributed by atoms with Crippen LogP contribution in [0.2, 0.25) is 0 Å². The topological polar surface area (TPSA) is 89.3 Å². The number of carbonyl (C=O) groups excluding carboxylic acids is 1. The monoisotopic (exact) mass is 330 g/mol. The van der Waals surface area contributed by atoms with Crippen LogP contribution in [0.15, 0.2) is 51.8 Å². The number of rotatable bonds is 4. The van der Waals surface area contributed by atoms with Crippen LogP contribution in [0.4, 0.5) is 5.69 Å². The molecule has 0 aliphatic carbocycles. The maximum absolute atomic E-state index is 12.5. The van der Waals surface area contributed by atoms with Gasteiger partial charge >= 0.3 is 0 Å². The van der Waals surface area contributed by atoms with Gasteiger partial charge in [-0.1, -0.05) is 12.1 Å². The van der Waals surface area contributed by atoms with Crippen molar-refractivity contribution >= 4 is 32.6 Å². The number of sulfonamides is 1. The summed E-state index contributed by atoms with van der Waals surface area (Å²) in [5.74, 6) is 0.335. The fraction of sp³-hybridized carbons (Fsp3) is 0.125. The SMILES string of the molecule is CC(=O)c1cccc(NS(=O)(=O)c2ccc3nc(C)oc3c2)c1. The summed E-state index contributed by atoms with van der Waals surface area (Å²) in [6.45, 7) is 3.12. The van der Waals surface area contributed by atoms with Crippen LogP contribution in [0.25, 0.3) is 11.1 Å². The number of ketones is 1. The number of nitrogens with zero attached hydrogens (tertiary/aromatic N) is 1. The Morgan fingerprint density at radius 2 is 1.96 bits per heavy atom. The van der Waals surface area contributed by atoms with Crippen LogP contribution in [0.3, 0.4) is 0 Å². The van der Waals surface area contributed by atoms with Gasteiger partial charge in [-0.2, -0.15) is 0 Å². The molecule has 0 saturated heterocycles. The second-order valence-electron chi connectivity index (χ2n) is 5.10. The van der Waals surface area contributed by atoms with Gasteiger partial charge in [-0.3, -0.25) is 9.52 Å². The van der Waals surface area contributed by atoms with Crippen molar-refractivity contribution in [1.82, 2.24) is 4.98 Å². The molecule has 0 unspecified atom stereocenters. The first-order valence-electron chi connectivity index (χ1n) is 6.86. The first-order chi connectivity index (χ1) is 10.8. The van der Waals surface area contributed by atoms with Gasteiger partial charge in [-0.15, -0.1) is 0 Å². The molecule has 0 amide bonds. The molecule has 0 fully saturated rings. The van der Waals surface area contributed by atoms with Crippen LogP contribution in [0.5, 0.6) is 0 Å². The minimum absolute atomic E-state index is 0.0642. The summed E-state index contributed by atoms with van der Waals surface area (Å²) in [5, 5.41) is 0. The Kier molecular flexibility index (Phi) is 3.65. The number of aromatic nitrogens is 1. The molecule has 0 atom stereocenters. The van der Waals surface area contributed by atoms with E-state index in [1.807, 2.05) is 0 Å². The molecule has 3 rings (SSSR count). The van der Waals surface area contributed by atoms with E-state index >= 15 is 0 Å². The Labute approximate surface area is 133 Å². The Bertz CT molecular complexity index is 1010. The number of hydrogen-bond acceptors (Lipinski definition) is 5. The number of oxazole rings is 1. The molecule has 0 bridgehead atoms. The van der Waals surface area contributed by atoms with Crippen LogP contribution < -0.4 is 4.72 Å². The number of anilines is 1. The summed E-state index contributed by atoms with van der Waals surface area (Å²) in [5.41, 5.74) is 1.76. The number of carbonyl (C=O) groups is 1. The van der Waals surface area contributed by atoms with Crippen molar-refractivity contribution in [2.45, 2.75) is 18.7 Å². The van der Waals surface area contributed by atoms with Gasteiger partial charge in [-0.05, 0) is 31.2 Å². The van der Waals surface area contributed by atoms with E-state index in [4.69, 9.17) is 4.42 Å². The van der Waals surface area contributed by atoms with Gasteiger partial charge in [0.25, 0.3) is 10.0 Å². The van der Waals surface area contributed by atoms with Crippen LogP contribution >= 0.6 is 0 Å². The molecule has 23 heavy (non-hydrogen) atoms. The van der Waals surface area contributed by atoms with Gasteiger partial charge in [0.2, 0.25) is 0 Å². The highest BCUT2D eigenvalue weighted by atomic mass is 32.2. The minimum Gasteiger partial charge on any atom is -0.441 e. The van der Waals surface area contributed by atoms with E-state index in [0.29, 0.717) is 28.2 Å². The Hall–Kier alpha value is -2.67. The molecular weight excluding hydrogens is 316 g/mol. The van der Waals surface area contributed by atoms with Gasteiger partial charge in [0, 0.05) is 24.2 Å². The predicted octanol–water partition coefficient (Wildman–Crippen LogP) is 3.14. The fourth-order valence-corrected chi connectivity index (χ4v) is 3.27. The molecule has 0 aliphatic heterocycles. The van der Waals surface area contributed by atoms with Crippen LogP contribution in [0.1, 0.15) is 23.2 Å². The Balaban J connectivity index is 1.96. The zero-order valence-corrected chi connectivity index (χ0v) is 13.3. The molecule has 1 aromatic heterocycles. The molecule has 3 aromatic rings. The fourth-order valence-electron chi connectivity index (χ4n) is 2.20. The first-order valence-corrected chi connectivity index (χ1v) is 8.34. The summed E-state index contributed by atoms with van der Waals surface area (Å²) in [7, 11) is -3.79. The Morgan fingerprint density at radius 3 is 2.70 bits per heavy atom. The third-order valence-corrected chi connectivity index (χ3v) is 4.68. The highest BCUT2D eigenvalue weighted by Gasteiger charge is 2.16. The van der Waals surface area contributed by atoms with E-state index in [1.165, 1.54) is 25.1 Å². The van der Waals surface area contributed by atoms with E-state index < -0.39 is 10.0 Å². The van der Waals surface area contributed by atoms with Crippen molar-refractivity contribution in [3.63, 3.8) is 0 Å². The molecule has 1 heterocycles. The van der Waals surface area contributed by atoms with Crippen molar-refractivity contribution in [1.29, 1.82) is 0 Å². The van der Waals surface area contributed by atoms with Crippen molar-refractivity contribution in [2.75, 3.05) is 4.72 Å². The van der Waals surface area contributed by atoms with Gasteiger partial charge in [-0.25, -0.2) is 13.4 Å². The Morgan fingerprint density at radius 1 is 1.17 bits per heavy atom. The van der Waals surface area contributed by atoms with E-state index in [9.17, 15) is 13.2 Å². The third-order valence-electron chi connectivity index (χ3n) is 3.30. The lowest BCUT2D eigenvalue weighted by molar-refractivity contribution is 0.101. The van der Waals surface area contributed by atoms with Crippen molar-refractivity contribution < 1.29 is 17.6 Å². The van der Waals surface area contributed by atoms with Gasteiger partial charge < -0.3 is 4.42 Å². The summed E-state index contributed by atoms with van der Waals surface area (Å²) in [4.78, 5) is 15.6. The van der Waals surface area contributed by atoms with E-state index in [-0.39, 0.29) is 10.7 Å². The molecule has 0 spiro atoms. The molecule has 118 valence electrons. The summed E-state index contributed by atoms with van der Waals surface area (Å²) in [6, 6.07) is 10.8. The standard InChI is InChI=1S/C16H14N2O4S/c1-10(19)12-4-3-5-13(8-12)18-23(20,21)14-6-7-15-16(9-14)22-11(2)17-15/h3-9,18H,1-2H3. The average molecular weight is 330 g/mol. The van der Waals surface area contributed by atoms with E-state index in [0.717, 1.165) is 0 Å². The third kappa shape index (κ3) is 3.09. The number of Topliss-reactive ketones (excluding diaryl/α,β-unsaturated/α-hetero) is 1. The lowest BCUT2D eigenvalue weighted by atomic mass is 10.1. The van der Waals surface area contributed by atoms with Gasteiger partial charge in [0.05, 0.1) is 4.90 Å². The molecule has 6 nitrogen and oxygen atoms in total. The molecule has 7 heteroatoms. The van der Waals surface area contributed by atoms with Crippen molar-refractivity contribution in [3.8, 4) is 0 Å². The van der Waals surface area contributed by atoms with Crippen LogP contribution in [-0.4, -0.2) is 19.2 Å². The van der Waals surface area contributed by atoms with Crippen LogP contribution in [-0.2, 0) is 10.0 Å². The second kappa shape index (κ2) is 5.51. The smallest absolute Gasteiger partial charge is 0.262 e. The van der Waals surface area contributed by atoms with Gasteiger partial charge in [0.1, 0.15) is 5.52 Å². The summed E-state index contributed by atoms with van der Waals surface area (Å²) in [6.07, 6.45) is 0. The quantitative estimate of drug-likeness (QED) is 0.742. The highest BCUT2D eigenvalue weighted by molar-refractivity contribution is 7.92. The zero-order valence-electron chi connectivity index (χ0n) is 12.5. The lowest BCUT2D eigenvalue weighted by Gasteiger charge is -2.08. The molecular formula is C16H14N2O4S. The summed E-state index contributed by atoms with van der Waals surface area (Å²) < 4.78 is 32.8. The lowest BCUT2D eigenvalue weighted by Crippen LogP contribution is -2.13. The van der Waals surface area contributed by atoms with Crippen LogP contribution in [0, 0.1) is 6.92 Å². The predicted molar refractivity (Wildman–Crippen MR) is 86.0 cm³/mol. The minimum atomic E-state index is -3.79. The molecule has 0 radical (unpaired) electrons. The van der Waals surface area contributed by atoms with E-state index in [2.05, 4.69) is 9.71 Å². The molecule has 0 saturated carbocycles. The maximum Gasteiger partial charge on any atom is 0.262 e. The van der Waals surface area contributed by atoms with Crippen molar-refractivity contribution in [2.24, 2.45) is 0 Å². The number of aryl methyl sites for hydroxylation is 1. The molecule has 2 aromatic carbocycles. The maximum atomic E-state index is 12.5. The second-order valence-corrected chi connectivity index (χ2v) is 6.79. The first kappa shape index (κ1) is 15.2. The number of nitrogens with one attached hydrogen (secondary N) is 1. The van der Waals surface area contributed by atoms with Crippen molar-refractivity contribution in [3.05, 3.63) is 53.9 Å². The highest BCUT2D eigenvalue weighted by Crippen LogP contribution is 2.22. The number of benzene rings is 2. The molecule has 1 N–H and O–H groups in total. The van der Waals surface area contributed by atoms with E-state index in [1.54, 1.807) is 31.2 Å². The number of hydrogen-bond donors (Lipinski definition) is 1. The zero-order chi connectivity index (χ0) is 16.6. The molecule has 0 aliphatic rings. The average Bonchev–Trinajstić information content (AvgIpc) is 2.86. The largest absolute Gasteiger partial charge is 0.441 e. The summed E-state index contributed by atoms with van der Waals surface area (Å²) >= 11 is 0.